The summed E-state index contributed by atoms with van der Waals surface area (Å²) in [6.45, 7) is 6.05. The van der Waals surface area contributed by atoms with E-state index in [-0.39, 0.29) is 11.9 Å². The number of rotatable bonds is 7. The van der Waals surface area contributed by atoms with E-state index in [0.717, 1.165) is 5.56 Å². The van der Waals surface area contributed by atoms with Gasteiger partial charge in [0.05, 0.1) is 0 Å². The molecule has 1 aromatic carbocycles. The molecular weight excluding hydrogens is 404 g/mol. The molecule has 0 aliphatic carbocycles. The van der Waals surface area contributed by atoms with Crippen molar-refractivity contribution in [2.75, 3.05) is 23.3 Å². The van der Waals surface area contributed by atoms with E-state index in [2.05, 4.69) is 25.0 Å². The maximum Gasteiger partial charge on any atom is 0.434 e. The highest BCUT2D eigenvalue weighted by Crippen LogP contribution is 2.36. The number of hydrogen-bond acceptors (Lipinski definition) is 6. The number of aryl methyl sites for hydroxylation is 1. The van der Waals surface area contributed by atoms with Crippen LogP contribution in [0.15, 0.2) is 24.3 Å². The molecule has 6 nitrogen and oxygen atoms in total. The lowest BCUT2D eigenvalue weighted by Crippen LogP contribution is -2.47. The Morgan fingerprint density at radius 2 is 1.48 bits per heavy atom. The lowest BCUT2D eigenvalue weighted by Gasteiger charge is -2.24. The summed E-state index contributed by atoms with van der Waals surface area (Å²) >= 11 is 0. The lowest BCUT2D eigenvalue weighted by molar-refractivity contribution is -0.301. The van der Waals surface area contributed by atoms with Crippen molar-refractivity contribution < 1.29 is 31.1 Å². The van der Waals surface area contributed by atoms with Gasteiger partial charge in [-0.1, -0.05) is 17.7 Å². The molecule has 160 valence electrons. The van der Waals surface area contributed by atoms with Crippen molar-refractivity contribution >= 4 is 17.6 Å². The summed E-state index contributed by atoms with van der Waals surface area (Å²) in [5, 5.41) is 2.73. The minimum Gasteiger partial charge on any atom is -0.440 e. The van der Waals surface area contributed by atoms with Gasteiger partial charge in [0, 0.05) is 18.8 Å². The molecule has 0 unspecified atom stereocenters. The van der Waals surface area contributed by atoms with Gasteiger partial charge in [-0.25, -0.2) is 0 Å². The van der Waals surface area contributed by atoms with Crippen LogP contribution in [0.3, 0.4) is 0 Å². The minimum absolute atomic E-state index is 0.113. The molecule has 0 aliphatic rings. The normalized spacial score (nSPS) is 12.2. The van der Waals surface area contributed by atoms with Gasteiger partial charge in [-0.3, -0.25) is 0 Å². The molecule has 1 aromatic heterocycles. The van der Waals surface area contributed by atoms with E-state index in [1.165, 1.54) is 4.90 Å². The van der Waals surface area contributed by atoms with Crippen molar-refractivity contribution in [2.45, 2.75) is 39.2 Å². The van der Waals surface area contributed by atoms with Gasteiger partial charge in [0.1, 0.15) is 0 Å². The third kappa shape index (κ3) is 6.09. The number of aromatic nitrogens is 3. The van der Waals surface area contributed by atoms with E-state index in [9.17, 15) is 26.3 Å². The summed E-state index contributed by atoms with van der Waals surface area (Å²) in [6, 6.07) is 5.75. The average Bonchev–Trinajstić information content (AvgIpc) is 2.61. The molecule has 2 rings (SSSR count). The molecule has 29 heavy (non-hydrogen) atoms. The van der Waals surface area contributed by atoms with Crippen molar-refractivity contribution in [1.29, 1.82) is 0 Å². The van der Waals surface area contributed by atoms with Gasteiger partial charge in [-0.05, 0) is 32.9 Å². The second-order valence-corrected chi connectivity index (χ2v) is 5.99. The van der Waals surface area contributed by atoms with Gasteiger partial charge >= 0.3 is 18.4 Å². The van der Waals surface area contributed by atoms with E-state index >= 15 is 0 Å². The second kappa shape index (κ2) is 8.70. The van der Waals surface area contributed by atoms with Crippen molar-refractivity contribution in [3.63, 3.8) is 0 Å². The zero-order valence-electron chi connectivity index (χ0n) is 15.8. The molecule has 0 bridgehead atoms. The highest BCUT2D eigenvalue weighted by Gasteiger charge is 2.59. The summed E-state index contributed by atoms with van der Waals surface area (Å²) in [4.78, 5) is 12.8. The van der Waals surface area contributed by atoms with Crippen LogP contribution < -0.4 is 15.0 Å². The smallest absolute Gasteiger partial charge is 0.434 e. The summed E-state index contributed by atoms with van der Waals surface area (Å²) in [6.07, 6.45) is -15.4. The SMILES string of the molecule is CCN(CC)c1nc(Nc2ccc(C)cc2)nc(OC(C(F)(F)F)C(F)(F)F)n1. The van der Waals surface area contributed by atoms with Crippen molar-refractivity contribution in [2.24, 2.45) is 0 Å². The van der Waals surface area contributed by atoms with Gasteiger partial charge in [-0.2, -0.15) is 41.3 Å². The Kier molecular flexibility index (Phi) is 6.75. The Balaban J connectivity index is 2.44. The summed E-state index contributed by atoms with van der Waals surface area (Å²) in [5.41, 5.74) is 1.44. The van der Waals surface area contributed by atoms with Crippen LogP contribution in [0.4, 0.5) is 43.9 Å². The quantitative estimate of drug-likeness (QED) is 0.655. The van der Waals surface area contributed by atoms with Gasteiger partial charge in [-0.15, -0.1) is 0 Å². The van der Waals surface area contributed by atoms with Crippen LogP contribution in [-0.4, -0.2) is 46.5 Å². The first-order valence-electron chi connectivity index (χ1n) is 8.58. The molecule has 0 radical (unpaired) electrons. The molecule has 0 saturated carbocycles. The largest absolute Gasteiger partial charge is 0.440 e. The molecule has 0 saturated heterocycles. The summed E-state index contributed by atoms with van der Waals surface area (Å²) < 4.78 is 81.2. The van der Waals surface area contributed by atoms with E-state index < -0.39 is 24.5 Å². The zero-order valence-corrected chi connectivity index (χ0v) is 15.8. The first kappa shape index (κ1) is 22.5. The van der Waals surface area contributed by atoms with E-state index in [1.54, 1.807) is 38.1 Å². The molecule has 0 amide bonds. The molecule has 12 heteroatoms. The zero-order chi connectivity index (χ0) is 21.8. The van der Waals surface area contributed by atoms with Crippen LogP contribution in [0.1, 0.15) is 19.4 Å². The van der Waals surface area contributed by atoms with Crippen LogP contribution in [0.5, 0.6) is 6.01 Å². The Bertz CT molecular complexity index is 791. The van der Waals surface area contributed by atoms with Gasteiger partial charge in [0.25, 0.3) is 6.10 Å². The maximum absolute atomic E-state index is 12.8. The third-order valence-corrected chi connectivity index (χ3v) is 3.77. The number of nitrogens with zero attached hydrogens (tertiary/aromatic N) is 4. The van der Waals surface area contributed by atoms with Gasteiger partial charge in [0.2, 0.25) is 11.9 Å². The fourth-order valence-corrected chi connectivity index (χ4v) is 2.29. The highest BCUT2D eigenvalue weighted by molar-refractivity contribution is 5.55. The number of nitrogens with one attached hydrogen (secondary N) is 1. The maximum atomic E-state index is 12.8. The predicted molar refractivity (Wildman–Crippen MR) is 94.4 cm³/mol. The fraction of sp³-hybridized carbons (Fsp3) is 0.471. The summed E-state index contributed by atoms with van der Waals surface area (Å²) in [5.74, 6) is -0.360. The van der Waals surface area contributed by atoms with Crippen LogP contribution in [-0.2, 0) is 0 Å². The fourth-order valence-electron chi connectivity index (χ4n) is 2.29. The molecule has 0 fully saturated rings. The minimum atomic E-state index is -5.69. The third-order valence-electron chi connectivity index (χ3n) is 3.77. The van der Waals surface area contributed by atoms with Gasteiger partial charge < -0.3 is 15.0 Å². The highest BCUT2D eigenvalue weighted by atomic mass is 19.4. The molecule has 2 aromatic rings. The molecule has 0 atom stereocenters. The Hall–Kier alpha value is -2.79. The number of hydrogen-bond donors (Lipinski definition) is 1. The molecular formula is C17H19F6N5O. The molecule has 1 heterocycles. The van der Waals surface area contributed by atoms with E-state index in [4.69, 9.17) is 0 Å². The first-order valence-corrected chi connectivity index (χ1v) is 8.58. The van der Waals surface area contributed by atoms with Crippen LogP contribution in [0, 0.1) is 6.92 Å². The predicted octanol–water partition coefficient (Wildman–Crippen LogP) is 4.64. The average molecular weight is 423 g/mol. The number of anilines is 3. The molecule has 0 aliphatic heterocycles. The molecule has 0 spiro atoms. The standard InChI is InChI=1S/C17H19F6N5O/c1-4-28(5-2)14-25-13(24-11-8-6-10(3)7-9-11)26-15(27-14)29-12(16(18,19)20)17(21,22)23/h6-9,12H,4-5H2,1-3H3,(H,24,25,26,27). The lowest BCUT2D eigenvalue weighted by atomic mass is 10.2. The number of halogens is 6. The van der Waals surface area contributed by atoms with Crippen LogP contribution in [0.25, 0.3) is 0 Å². The van der Waals surface area contributed by atoms with Gasteiger partial charge in [0.15, 0.2) is 0 Å². The Morgan fingerprint density at radius 1 is 0.931 bits per heavy atom. The number of benzene rings is 1. The number of ether oxygens (including phenoxy) is 1. The molecule has 1 N–H and O–H groups in total. The van der Waals surface area contributed by atoms with Crippen molar-refractivity contribution in [3.8, 4) is 6.01 Å². The summed E-state index contributed by atoms with van der Waals surface area (Å²) in [7, 11) is 0. The van der Waals surface area contributed by atoms with Crippen LogP contribution in [0.2, 0.25) is 0 Å². The monoisotopic (exact) mass is 423 g/mol. The first-order chi connectivity index (χ1) is 13.4. The van der Waals surface area contributed by atoms with Crippen LogP contribution >= 0.6 is 0 Å². The van der Waals surface area contributed by atoms with E-state index in [1.807, 2.05) is 6.92 Å². The Labute approximate surface area is 162 Å². The van der Waals surface area contributed by atoms with Crippen molar-refractivity contribution in [1.82, 2.24) is 15.0 Å². The topological polar surface area (TPSA) is 63.2 Å². The second-order valence-electron chi connectivity index (χ2n) is 5.99. The Morgan fingerprint density at radius 3 is 1.97 bits per heavy atom. The number of alkyl halides is 6. The van der Waals surface area contributed by atoms with Crippen molar-refractivity contribution in [3.05, 3.63) is 29.8 Å². The van der Waals surface area contributed by atoms with E-state index in [0.29, 0.717) is 18.8 Å².